The average molecular weight is 236 g/mol. The second-order valence-corrected chi connectivity index (χ2v) is 4.00. The van der Waals surface area contributed by atoms with Crippen molar-refractivity contribution < 1.29 is 0 Å². The standard InChI is InChI=1S/C13H24N4/c1-4-10-17-12-9-15-13(17)14-8-7-11-16(5-2)6-3/h4,9,12H,1,5-8,10-11H2,2-3H3,(H,14,15). The van der Waals surface area contributed by atoms with Gasteiger partial charge in [0, 0.05) is 25.5 Å². The Kier molecular flexibility index (Phi) is 6.40. The van der Waals surface area contributed by atoms with Gasteiger partial charge >= 0.3 is 0 Å². The van der Waals surface area contributed by atoms with Gasteiger partial charge in [-0.25, -0.2) is 4.98 Å². The van der Waals surface area contributed by atoms with Crippen LogP contribution in [0.2, 0.25) is 0 Å². The maximum absolute atomic E-state index is 4.28. The average Bonchev–Trinajstić information content (AvgIpc) is 2.78. The fourth-order valence-electron chi connectivity index (χ4n) is 1.81. The van der Waals surface area contributed by atoms with Crippen molar-refractivity contribution in [2.75, 3.05) is 31.5 Å². The van der Waals surface area contributed by atoms with Gasteiger partial charge in [-0.1, -0.05) is 19.9 Å². The zero-order valence-electron chi connectivity index (χ0n) is 11.0. The molecule has 1 N–H and O–H groups in total. The van der Waals surface area contributed by atoms with Gasteiger partial charge in [-0.15, -0.1) is 6.58 Å². The molecule has 0 bridgehead atoms. The Hall–Kier alpha value is -1.29. The molecule has 1 rings (SSSR count). The lowest BCUT2D eigenvalue weighted by Crippen LogP contribution is -2.25. The fraction of sp³-hybridized carbons (Fsp3) is 0.615. The molecule has 0 aliphatic carbocycles. The summed E-state index contributed by atoms with van der Waals surface area (Å²) in [5.74, 6) is 0.935. The van der Waals surface area contributed by atoms with Gasteiger partial charge in [-0.3, -0.25) is 0 Å². The molecule has 17 heavy (non-hydrogen) atoms. The number of nitrogens with zero attached hydrogens (tertiary/aromatic N) is 3. The maximum Gasteiger partial charge on any atom is 0.203 e. The molecule has 96 valence electrons. The van der Waals surface area contributed by atoms with Gasteiger partial charge < -0.3 is 14.8 Å². The molecule has 1 heterocycles. The SMILES string of the molecule is C=CCn1ccnc1NCCCN(CC)CC. The smallest absolute Gasteiger partial charge is 0.203 e. The molecule has 0 aromatic carbocycles. The van der Waals surface area contributed by atoms with E-state index in [9.17, 15) is 0 Å². The number of anilines is 1. The third kappa shape index (κ3) is 4.61. The van der Waals surface area contributed by atoms with Crippen molar-refractivity contribution in [3.8, 4) is 0 Å². The first-order chi connectivity index (χ1) is 8.31. The van der Waals surface area contributed by atoms with Crippen molar-refractivity contribution in [2.45, 2.75) is 26.8 Å². The largest absolute Gasteiger partial charge is 0.356 e. The van der Waals surface area contributed by atoms with Crippen LogP contribution in [0, 0.1) is 0 Å². The van der Waals surface area contributed by atoms with E-state index in [1.165, 1.54) is 0 Å². The van der Waals surface area contributed by atoms with E-state index in [-0.39, 0.29) is 0 Å². The molecule has 4 heteroatoms. The quantitative estimate of drug-likeness (QED) is 0.527. The second kappa shape index (κ2) is 7.90. The van der Waals surface area contributed by atoms with E-state index in [1.807, 2.05) is 18.5 Å². The Labute approximate surface area is 104 Å². The molecule has 0 aliphatic rings. The highest BCUT2D eigenvalue weighted by molar-refractivity contribution is 5.25. The van der Waals surface area contributed by atoms with E-state index >= 15 is 0 Å². The predicted molar refractivity (Wildman–Crippen MR) is 73.3 cm³/mol. The minimum atomic E-state index is 0.804. The number of hydrogen-bond acceptors (Lipinski definition) is 3. The first-order valence-electron chi connectivity index (χ1n) is 6.40. The van der Waals surface area contributed by atoms with Gasteiger partial charge in [0.25, 0.3) is 0 Å². The third-order valence-electron chi connectivity index (χ3n) is 2.87. The van der Waals surface area contributed by atoms with E-state index in [0.717, 1.165) is 45.1 Å². The van der Waals surface area contributed by atoms with Crippen LogP contribution < -0.4 is 5.32 Å². The lowest BCUT2D eigenvalue weighted by Gasteiger charge is -2.17. The minimum Gasteiger partial charge on any atom is -0.356 e. The lowest BCUT2D eigenvalue weighted by atomic mass is 10.3. The normalized spacial score (nSPS) is 10.8. The molecular weight excluding hydrogens is 212 g/mol. The number of hydrogen-bond donors (Lipinski definition) is 1. The zero-order valence-corrected chi connectivity index (χ0v) is 11.0. The van der Waals surface area contributed by atoms with Crippen molar-refractivity contribution >= 4 is 5.95 Å². The van der Waals surface area contributed by atoms with Gasteiger partial charge in [0.05, 0.1) is 0 Å². The van der Waals surface area contributed by atoms with Crippen LogP contribution in [-0.2, 0) is 6.54 Å². The van der Waals surface area contributed by atoms with Gasteiger partial charge in [0.1, 0.15) is 0 Å². The third-order valence-corrected chi connectivity index (χ3v) is 2.87. The molecule has 4 nitrogen and oxygen atoms in total. The van der Waals surface area contributed by atoms with Crippen LogP contribution in [0.4, 0.5) is 5.95 Å². The van der Waals surface area contributed by atoms with Crippen LogP contribution in [0.15, 0.2) is 25.0 Å². The molecule has 0 fully saturated rings. The van der Waals surface area contributed by atoms with Gasteiger partial charge in [0.2, 0.25) is 5.95 Å². The number of nitrogens with one attached hydrogen (secondary N) is 1. The summed E-state index contributed by atoms with van der Waals surface area (Å²) in [6.07, 6.45) is 6.80. The number of allylic oxidation sites excluding steroid dienone is 1. The van der Waals surface area contributed by atoms with Crippen LogP contribution in [0.3, 0.4) is 0 Å². The van der Waals surface area contributed by atoms with Crippen LogP contribution in [-0.4, -0.2) is 40.6 Å². The Bertz CT molecular complexity index is 315. The summed E-state index contributed by atoms with van der Waals surface area (Å²) in [4.78, 5) is 6.71. The van der Waals surface area contributed by atoms with Crippen LogP contribution in [0.25, 0.3) is 0 Å². The fourth-order valence-corrected chi connectivity index (χ4v) is 1.81. The first-order valence-corrected chi connectivity index (χ1v) is 6.40. The van der Waals surface area contributed by atoms with E-state index in [4.69, 9.17) is 0 Å². The van der Waals surface area contributed by atoms with Crippen LogP contribution in [0.1, 0.15) is 20.3 Å². The van der Waals surface area contributed by atoms with Gasteiger partial charge in [0.15, 0.2) is 0 Å². The second-order valence-electron chi connectivity index (χ2n) is 4.00. The Morgan fingerprint density at radius 1 is 1.47 bits per heavy atom. The van der Waals surface area contributed by atoms with Crippen molar-refractivity contribution in [1.82, 2.24) is 14.5 Å². The lowest BCUT2D eigenvalue weighted by molar-refractivity contribution is 0.303. The molecular formula is C13H24N4. The summed E-state index contributed by atoms with van der Waals surface area (Å²) >= 11 is 0. The number of aromatic nitrogens is 2. The molecule has 0 saturated carbocycles. The van der Waals surface area contributed by atoms with Crippen molar-refractivity contribution in [1.29, 1.82) is 0 Å². The Morgan fingerprint density at radius 2 is 2.24 bits per heavy atom. The van der Waals surface area contributed by atoms with Gasteiger partial charge in [-0.2, -0.15) is 0 Å². The van der Waals surface area contributed by atoms with Crippen molar-refractivity contribution in [3.63, 3.8) is 0 Å². The van der Waals surface area contributed by atoms with Crippen LogP contribution >= 0.6 is 0 Å². The highest BCUT2D eigenvalue weighted by Gasteiger charge is 2.01. The summed E-state index contributed by atoms with van der Waals surface area (Å²) in [5.41, 5.74) is 0. The summed E-state index contributed by atoms with van der Waals surface area (Å²) in [7, 11) is 0. The predicted octanol–water partition coefficient (Wildman–Crippen LogP) is 2.21. The molecule has 0 atom stereocenters. The monoisotopic (exact) mass is 236 g/mol. The Balaban J connectivity index is 2.25. The summed E-state index contributed by atoms with van der Waals surface area (Å²) in [5, 5.41) is 3.36. The Morgan fingerprint density at radius 3 is 2.88 bits per heavy atom. The van der Waals surface area contributed by atoms with Gasteiger partial charge in [-0.05, 0) is 26.1 Å². The molecule has 0 amide bonds. The minimum absolute atomic E-state index is 0.804. The topological polar surface area (TPSA) is 33.1 Å². The van der Waals surface area contributed by atoms with E-state index in [0.29, 0.717) is 0 Å². The molecule has 1 aromatic rings. The molecule has 0 spiro atoms. The molecule has 0 aliphatic heterocycles. The molecule has 0 unspecified atom stereocenters. The highest BCUT2D eigenvalue weighted by Crippen LogP contribution is 2.04. The highest BCUT2D eigenvalue weighted by atomic mass is 15.2. The van der Waals surface area contributed by atoms with E-state index < -0.39 is 0 Å². The molecule has 0 saturated heterocycles. The summed E-state index contributed by atoms with van der Waals surface area (Å²) < 4.78 is 2.06. The van der Waals surface area contributed by atoms with E-state index in [1.54, 1.807) is 0 Å². The van der Waals surface area contributed by atoms with E-state index in [2.05, 4.69) is 40.2 Å². The summed E-state index contributed by atoms with van der Waals surface area (Å²) in [6.45, 7) is 13.3. The molecule has 1 aromatic heterocycles. The first kappa shape index (κ1) is 13.8. The van der Waals surface area contributed by atoms with Crippen LogP contribution in [0.5, 0.6) is 0 Å². The van der Waals surface area contributed by atoms with Crippen molar-refractivity contribution in [3.05, 3.63) is 25.0 Å². The number of rotatable bonds is 9. The summed E-state index contributed by atoms with van der Waals surface area (Å²) in [6, 6.07) is 0. The maximum atomic E-state index is 4.28. The van der Waals surface area contributed by atoms with Crippen molar-refractivity contribution in [2.24, 2.45) is 0 Å². The number of imidazole rings is 1. The molecule has 0 radical (unpaired) electrons. The zero-order chi connectivity index (χ0) is 12.5.